The molecule has 4 rings (SSSR count). The van der Waals surface area contributed by atoms with E-state index in [-0.39, 0.29) is 12.4 Å². The Hall–Kier alpha value is -3.73. The molecule has 33 heavy (non-hydrogen) atoms. The van der Waals surface area contributed by atoms with Gasteiger partial charge in [0.05, 0.1) is 18.2 Å². The van der Waals surface area contributed by atoms with Crippen LogP contribution in [0.5, 0.6) is 5.75 Å². The van der Waals surface area contributed by atoms with Gasteiger partial charge >= 0.3 is 5.97 Å². The maximum Gasteiger partial charge on any atom is 0.339 e. The number of ether oxygens (including phenoxy) is 2. The van der Waals surface area contributed by atoms with Crippen molar-refractivity contribution in [2.45, 2.75) is 33.1 Å². The largest absolute Gasteiger partial charge is 0.497 e. The van der Waals surface area contributed by atoms with E-state index in [2.05, 4.69) is 6.92 Å². The zero-order valence-electron chi connectivity index (χ0n) is 19.2. The smallest absolute Gasteiger partial charge is 0.339 e. The van der Waals surface area contributed by atoms with Gasteiger partial charge in [-0.15, -0.1) is 0 Å². The van der Waals surface area contributed by atoms with Crippen LogP contribution >= 0.6 is 0 Å². The number of aromatic nitrogens is 1. The van der Waals surface area contributed by atoms with Crippen LogP contribution < -0.4 is 4.74 Å². The molecule has 0 unspecified atom stereocenters. The molecule has 168 valence electrons. The van der Waals surface area contributed by atoms with E-state index in [4.69, 9.17) is 14.5 Å². The van der Waals surface area contributed by atoms with Crippen molar-refractivity contribution in [1.29, 1.82) is 0 Å². The third-order valence-corrected chi connectivity index (χ3v) is 5.83. The van der Waals surface area contributed by atoms with E-state index in [1.807, 2.05) is 61.5 Å². The number of pyridine rings is 1. The second-order valence-corrected chi connectivity index (χ2v) is 7.96. The van der Waals surface area contributed by atoms with Crippen LogP contribution in [-0.2, 0) is 17.6 Å². The van der Waals surface area contributed by atoms with Crippen molar-refractivity contribution >= 4 is 33.4 Å². The highest BCUT2D eigenvalue weighted by Crippen LogP contribution is 2.26. The van der Waals surface area contributed by atoms with Gasteiger partial charge in [-0.3, -0.25) is 9.78 Å². The summed E-state index contributed by atoms with van der Waals surface area (Å²) < 4.78 is 10.8. The SMILES string of the molecule is CCCc1nc2ccccc2c(C(=O)OCC(=O)c2ccc3cc(OC)ccc3c2)c1CC. The first-order chi connectivity index (χ1) is 16.0. The summed E-state index contributed by atoms with van der Waals surface area (Å²) >= 11 is 0. The van der Waals surface area contributed by atoms with Gasteiger partial charge in [-0.2, -0.15) is 0 Å². The van der Waals surface area contributed by atoms with Gasteiger partial charge in [-0.05, 0) is 53.4 Å². The number of hydrogen-bond donors (Lipinski definition) is 0. The second kappa shape index (κ2) is 9.82. The highest BCUT2D eigenvalue weighted by atomic mass is 16.5. The molecule has 0 radical (unpaired) electrons. The Balaban J connectivity index is 1.60. The molecule has 0 bridgehead atoms. The van der Waals surface area contributed by atoms with Crippen molar-refractivity contribution < 1.29 is 19.1 Å². The summed E-state index contributed by atoms with van der Waals surface area (Å²) in [5.74, 6) is 0.0298. The number of aryl methyl sites for hydroxylation is 1. The molecule has 1 heterocycles. The highest BCUT2D eigenvalue weighted by molar-refractivity contribution is 6.07. The first-order valence-corrected chi connectivity index (χ1v) is 11.2. The Bertz CT molecular complexity index is 1340. The fraction of sp³-hybridized carbons (Fsp3) is 0.250. The molecule has 0 aliphatic carbocycles. The van der Waals surface area contributed by atoms with E-state index in [0.29, 0.717) is 17.5 Å². The number of para-hydroxylation sites is 1. The Morgan fingerprint density at radius 2 is 1.70 bits per heavy atom. The monoisotopic (exact) mass is 441 g/mol. The molecule has 0 aliphatic heterocycles. The van der Waals surface area contributed by atoms with E-state index in [0.717, 1.165) is 51.5 Å². The van der Waals surface area contributed by atoms with E-state index < -0.39 is 5.97 Å². The van der Waals surface area contributed by atoms with Gasteiger partial charge < -0.3 is 9.47 Å². The number of nitrogens with zero attached hydrogens (tertiary/aromatic N) is 1. The molecule has 0 N–H and O–H groups in total. The average Bonchev–Trinajstić information content (AvgIpc) is 2.85. The number of carbonyl (C=O) groups excluding carboxylic acids is 2. The number of Topliss-reactive ketones (excluding diaryl/α,β-unsaturated/α-hetero) is 1. The first kappa shape index (κ1) is 22.5. The molecule has 1 aromatic heterocycles. The molecular formula is C28H27NO4. The Morgan fingerprint density at radius 3 is 2.45 bits per heavy atom. The first-order valence-electron chi connectivity index (χ1n) is 11.2. The number of methoxy groups -OCH3 is 1. The van der Waals surface area contributed by atoms with Gasteiger partial charge in [-0.1, -0.05) is 56.7 Å². The van der Waals surface area contributed by atoms with E-state index in [9.17, 15) is 9.59 Å². The minimum Gasteiger partial charge on any atom is -0.497 e. The van der Waals surface area contributed by atoms with Crippen molar-refractivity contribution in [1.82, 2.24) is 4.98 Å². The lowest BCUT2D eigenvalue weighted by atomic mass is 9.96. The van der Waals surface area contributed by atoms with Gasteiger partial charge in [0.15, 0.2) is 12.4 Å². The van der Waals surface area contributed by atoms with Crippen LogP contribution in [0.1, 0.15) is 52.2 Å². The summed E-state index contributed by atoms with van der Waals surface area (Å²) in [5, 5.41) is 2.65. The number of fused-ring (bicyclic) bond motifs is 2. The van der Waals surface area contributed by atoms with Crippen LogP contribution in [0, 0.1) is 0 Å². The van der Waals surface area contributed by atoms with Gasteiger partial charge in [0.25, 0.3) is 0 Å². The van der Waals surface area contributed by atoms with Gasteiger partial charge in [0.1, 0.15) is 5.75 Å². The van der Waals surface area contributed by atoms with Crippen LogP contribution in [0.25, 0.3) is 21.7 Å². The third kappa shape index (κ3) is 4.58. The van der Waals surface area contributed by atoms with Crippen molar-refractivity contribution in [2.24, 2.45) is 0 Å². The van der Waals surface area contributed by atoms with Crippen LogP contribution in [0.4, 0.5) is 0 Å². The summed E-state index contributed by atoms with van der Waals surface area (Å²) in [6, 6.07) is 18.7. The van der Waals surface area contributed by atoms with Crippen molar-refractivity contribution in [3.05, 3.63) is 83.0 Å². The van der Waals surface area contributed by atoms with Crippen LogP contribution in [0.15, 0.2) is 60.7 Å². The molecule has 0 fully saturated rings. The summed E-state index contributed by atoms with van der Waals surface area (Å²) in [6.07, 6.45) is 2.38. The number of esters is 1. The summed E-state index contributed by atoms with van der Waals surface area (Å²) in [4.78, 5) is 30.8. The predicted molar refractivity (Wildman–Crippen MR) is 130 cm³/mol. The van der Waals surface area contributed by atoms with Crippen LogP contribution in [0.3, 0.4) is 0 Å². The lowest BCUT2D eigenvalue weighted by molar-refractivity contribution is 0.0475. The second-order valence-electron chi connectivity index (χ2n) is 7.96. The minimum absolute atomic E-state index is 0.244. The lowest BCUT2D eigenvalue weighted by Gasteiger charge is -2.15. The van der Waals surface area contributed by atoms with E-state index in [1.165, 1.54) is 0 Å². The van der Waals surface area contributed by atoms with Gasteiger partial charge in [0, 0.05) is 16.6 Å². The minimum atomic E-state index is -0.485. The number of ketones is 1. The number of benzene rings is 3. The van der Waals surface area contributed by atoms with E-state index >= 15 is 0 Å². The van der Waals surface area contributed by atoms with Gasteiger partial charge in [-0.25, -0.2) is 4.79 Å². The Morgan fingerprint density at radius 1 is 0.939 bits per heavy atom. The maximum atomic E-state index is 13.2. The molecule has 0 aliphatic rings. The molecule has 4 aromatic rings. The average molecular weight is 442 g/mol. The molecule has 5 nitrogen and oxygen atoms in total. The zero-order valence-corrected chi connectivity index (χ0v) is 19.2. The van der Waals surface area contributed by atoms with Gasteiger partial charge in [0.2, 0.25) is 0 Å². The summed E-state index contributed by atoms with van der Waals surface area (Å²) in [6.45, 7) is 3.78. The summed E-state index contributed by atoms with van der Waals surface area (Å²) in [5.41, 5.74) is 3.60. The molecule has 0 saturated carbocycles. The predicted octanol–water partition coefficient (Wildman–Crippen LogP) is 5.95. The Labute approximate surface area is 193 Å². The lowest BCUT2D eigenvalue weighted by Crippen LogP contribution is -2.17. The Kier molecular flexibility index (Phi) is 6.68. The number of hydrogen-bond acceptors (Lipinski definition) is 5. The standard InChI is InChI=1S/C28H27NO4/c1-4-8-24-22(5-2)27(23-9-6-7-10-25(23)29-24)28(31)33-17-26(30)20-12-11-19-16-21(32-3)14-13-18(19)15-20/h6-7,9-16H,4-5,8,17H2,1-3H3. The highest BCUT2D eigenvalue weighted by Gasteiger charge is 2.21. The quantitative estimate of drug-likeness (QED) is 0.250. The zero-order chi connectivity index (χ0) is 23.4. The molecular weight excluding hydrogens is 414 g/mol. The molecule has 0 spiro atoms. The third-order valence-electron chi connectivity index (χ3n) is 5.83. The van der Waals surface area contributed by atoms with Crippen LogP contribution in [0.2, 0.25) is 0 Å². The summed E-state index contributed by atoms with van der Waals surface area (Å²) in [7, 11) is 1.62. The van der Waals surface area contributed by atoms with Crippen LogP contribution in [-0.4, -0.2) is 30.5 Å². The normalized spacial score (nSPS) is 11.0. The fourth-order valence-corrected chi connectivity index (χ4v) is 4.17. The topological polar surface area (TPSA) is 65.5 Å². The van der Waals surface area contributed by atoms with Crippen molar-refractivity contribution in [2.75, 3.05) is 13.7 Å². The molecule has 0 saturated heterocycles. The number of rotatable bonds is 8. The van der Waals surface area contributed by atoms with E-state index in [1.54, 1.807) is 13.2 Å². The molecule has 0 amide bonds. The molecule has 3 aromatic carbocycles. The molecule has 0 atom stereocenters. The maximum absolute atomic E-state index is 13.2. The number of carbonyl (C=O) groups is 2. The molecule has 5 heteroatoms. The van der Waals surface area contributed by atoms with Crippen molar-refractivity contribution in [3.63, 3.8) is 0 Å². The fourth-order valence-electron chi connectivity index (χ4n) is 4.17. The van der Waals surface area contributed by atoms with Crippen molar-refractivity contribution in [3.8, 4) is 5.75 Å².